The van der Waals surface area contributed by atoms with E-state index in [9.17, 15) is 13.2 Å². The number of ether oxygens (including phenoxy) is 1. The number of pyridine rings is 1. The molecule has 0 saturated carbocycles. The van der Waals surface area contributed by atoms with E-state index in [1.807, 2.05) is 0 Å². The highest BCUT2D eigenvalue weighted by molar-refractivity contribution is 5.58. The minimum atomic E-state index is -4.52. The van der Waals surface area contributed by atoms with Crippen LogP contribution in [-0.4, -0.2) is 28.4 Å². The second-order valence-corrected chi connectivity index (χ2v) is 4.78. The van der Waals surface area contributed by atoms with Crippen molar-refractivity contribution in [2.75, 3.05) is 13.2 Å². The zero-order valence-electron chi connectivity index (χ0n) is 10.9. The number of rotatable bonds is 2. The number of hydrogen-bond acceptors (Lipinski definition) is 5. The normalized spacial score (nSPS) is 19.7. The van der Waals surface area contributed by atoms with Crippen LogP contribution in [0.2, 0.25) is 0 Å². The Balaban J connectivity index is 1.93. The average Bonchev–Trinajstić information content (AvgIpc) is 2.97. The monoisotopic (exact) mass is 299 g/mol. The maximum absolute atomic E-state index is 12.9. The molecule has 2 aromatic rings. The maximum Gasteiger partial charge on any atom is 0.418 e. The van der Waals surface area contributed by atoms with E-state index >= 15 is 0 Å². The van der Waals surface area contributed by atoms with Gasteiger partial charge in [0.2, 0.25) is 11.8 Å². The van der Waals surface area contributed by atoms with Gasteiger partial charge in [0.25, 0.3) is 0 Å². The summed E-state index contributed by atoms with van der Waals surface area (Å²) in [6.07, 6.45) is -0.817. The quantitative estimate of drug-likeness (QED) is 0.853. The Morgan fingerprint density at radius 1 is 1.24 bits per heavy atom. The Labute approximate surface area is 118 Å². The summed E-state index contributed by atoms with van der Waals surface area (Å²) in [4.78, 5) is 3.50. The second kappa shape index (κ2) is 5.44. The molecule has 1 fully saturated rings. The predicted molar refractivity (Wildman–Crippen MR) is 65.3 cm³/mol. The van der Waals surface area contributed by atoms with Crippen molar-refractivity contribution in [1.29, 1.82) is 0 Å². The molecule has 3 heterocycles. The number of alkyl halides is 3. The summed E-state index contributed by atoms with van der Waals surface area (Å²) in [5.74, 6) is 0.108. The first-order chi connectivity index (χ1) is 10.1. The molecule has 1 aliphatic heterocycles. The average molecular weight is 299 g/mol. The molecule has 2 aromatic heterocycles. The zero-order chi connectivity index (χ0) is 14.9. The van der Waals surface area contributed by atoms with Gasteiger partial charge in [0.05, 0.1) is 23.7 Å². The molecule has 0 N–H and O–H groups in total. The van der Waals surface area contributed by atoms with Gasteiger partial charge in [-0.15, -0.1) is 10.2 Å². The molecule has 21 heavy (non-hydrogen) atoms. The van der Waals surface area contributed by atoms with Crippen molar-refractivity contribution in [3.05, 3.63) is 29.9 Å². The van der Waals surface area contributed by atoms with Crippen LogP contribution in [0, 0.1) is 0 Å². The standard InChI is InChI=1S/C13H12F3N3O2/c14-13(15,16)10-6-17-4-3-9(10)12-19-18-11(21-12)8-2-1-5-20-7-8/h3-4,6,8H,1-2,5,7H2. The third kappa shape index (κ3) is 2.90. The van der Waals surface area contributed by atoms with Gasteiger partial charge in [-0.05, 0) is 18.9 Å². The van der Waals surface area contributed by atoms with Gasteiger partial charge in [-0.2, -0.15) is 13.2 Å². The summed E-state index contributed by atoms with van der Waals surface area (Å²) in [6, 6.07) is 1.22. The molecule has 3 rings (SSSR count). The van der Waals surface area contributed by atoms with Crippen molar-refractivity contribution in [1.82, 2.24) is 15.2 Å². The number of nitrogens with zero attached hydrogens (tertiary/aromatic N) is 3. The summed E-state index contributed by atoms with van der Waals surface area (Å²) in [5.41, 5.74) is -1.05. The molecule has 0 bridgehead atoms. The SMILES string of the molecule is FC(F)(F)c1cnccc1-c1nnc(C2CCCOC2)o1. The Kier molecular flexibility index (Phi) is 3.62. The number of hydrogen-bond donors (Lipinski definition) is 0. The van der Waals surface area contributed by atoms with Crippen LogP contribution in [-0.2, 0) is 10.9 Å². The van der Waals surface area contributed by atoms with Crippen LogP contribution in [0.25, 0.3) is 11.5 Å². The Morgan fingerprint density at radius 3 is 2.81 bits per heavy atom. The molecule has 0 aromatic carbocycles. The lowest BCUT2D eigenvalue weighted by Gasteiger charge is -2.18. The van der Waals surface area contributed by atoms with Gasteiger partial charge < -0.3 is 9.15 Å². The van der Waals surface area contributed by atoms with Crippen molar-refractivity contribution >= 4 is 0 Å². The van der Waals surface area contributed by atoms with Crippen LogP contribution in [0.5, 0.6) is 0 Å². The highest BCUT2D eigenvalue weighted by Gasteiger charge is 2.35. The fraction of sp³-hybridized carbons (Fsp3) is 0.462. The molecule has 5 nitrogen and oxygen atoms in total. The van der Waals surface area contributed by atoms with Crippen molar-refractivity contribution < 1.29 is 22.3 Å². The maximum atomic E-state index is 12.9. The fourth-order valence-corrected chi connectivity index (χ4v) is 2.25. The van der Waals surface area contributed by atoms with Crippen LogP contribution >= 0.6 is 0 Å². The van der Waals surface area contributed by atoms with Gasteiger partial charge in [-0.3, -0.25) is 4.98 Å². The van der Waals surface area contributed by atoms with E-state index < -0.39 is 11.7 Å². The van der Waals surface area contributed by atoms with Crippen LogP contribution in [0.15, 0.2) is 22.9 Å². The van der Waals surface area contributed by atoms with Crippen LogP contribution in [0.3, 0.4) is 0 Å². The zero-order valence-corrected chi connectivity index (χ0v) is 10.9. The van der Waals surface area contributed by atoms with E-state index in [-0.39, 0.29) is 17.4 Å². The lowest BCUT2D eigenvalue weighted by molar-refractivity contribution is -0.137. The van der Waals surface area contributed by atoms with Gasteiger partial charge in [0.1, 0.15) is 0 Å². The minimum absolute atomic E-state index is 0.0591. The molecule has 0 amide bonds. The Hall–Kier alpha value is -1.96. The van der Waals surface area contributed by atoms with Crippen molar-refractivity contribution in [2.24, 2.45) is 0 Å². The van der Waals surface area contributed by atoms with Crippen molar-refractivity contribution in [2.45, 2.75) is 24.9 Å². The predicted octanol–water partition coefficient (Wildman–Crippen LogP) is 3.04. The van der Waals surface area contributed by atoms with Crippen molar-refractivity contribution in [3.63, 3.8) is 0 Å². The highest BCUT2D eigenvalue weighted by atomic mass is 19.4. The first kappa shape index (κ1) is 14.0. The number of aromatic nitrogens is 3. The third-order valence-electron chi connectivity index (χ3n) is 3.31. The summed E-state index contributed by atoms with van der Waals surface area (Å²) in [6.45, 7) is 1.13. The molecule has 112 valence electrons. The minimum Gasteiger partial charge on any atom is -0.420 e. The molecule has 1 saturated heterocycles. The topological polar surface area (TPSA) is 61.0 Å². The summed E-state index contributed by atoms with van der Waals surface area (Å²) in [5, 5.41) is 7.59. The lowest BCUT2D eigenvalue weighted by Crippen LogP contribution is -2.15. The lowest BCUT2D eigenvalue weighted by atomic mass is 10.0. The van der Waals surface area contributed by atoms with Crippen LogP contribution in [0.4, 0.5) is 13.2 Å². The third-order valence-corrected chi connectivity index (χ3v) is 3.31. The molecule has 1 atom stereocenters. The van der Waals surface area contributed by atoms with E-state index in [0.29, 0.717) is 19.1 Å². The van der Waals surface area contributed by atoms with E-state index in [0.717, 1.165) is 19.0 Å². The first-order valence-corrected chi connectivity index (χ1v) is 6.48. The smallest absolute Gasteiger partial charge is 0.418 e. The van der Waals surface area contributed by atoms with E-state index in [1.54, 1.807) is 0 Å². The van der Waals surface area contributed by atoms with Gasteiger partial charge in [0, 0.05) is 19.0 Å². The van der Waals surface area contributed by atoms with Gasteiger partial charge in [0.15, 0.2) is 0 Å². The van der Waals surface area contributed by atoms with Gasteiger partial charge in [-0.1, -0.05) is 0 Å². The van der Waals surface area contributed by atoms with E-state index in [1.165, 1.54) is 12.3 Å². The summed E-state index contributed by atoms with van der Waals surface area (Å²) in [7, 11) is 0. The molecule has 8 heteroatoms. The molecule has 1 unspecified atom stereocenters. The highest BCUT2D eigenvalue weighted by Crippen LogP contribution is 2.36. The molecular formula is C13H12F3N3O2. The molecule has 0 spiro atoms. The summed E-state index contributed by atoms with van der Waals surface area (Å²) < 4.78 is 49.6. The number of halogens is 3. The molecule has 1 aliphatic rings. The Bertz CT molecular complexity index is 621. The molecule has 0 radical (unpaired) electrons. The van der Waals surface area contributed by atoms with Crippen LogP contribution < -0.4 is 0 Å². The second-order valence-electron chi connectivity index (χ2n) is 4.78. The van der Waals surface area contributed by atoms with Crippen LogP contribution in [0.1, 0.15) is 30.2 Å². The Morgan fingerprint density at radius 2 is 2.10 bits per heavy atom. The largest absolute Gasteiger partial charge is 0.420 e. The fourth-order valence-electron chi connectivity index (χ4n) is 2.25. The van der Waals surface area contributed by atoms with E-state index in [4.69, 9.17) is 9.15 Å². The molecule has 0 aliphatic carbocycles. The first-order valence-electron chi connectivity index (χ1n) is 6.48. The summed E-state index contributed by atoms with van der Waals surface area (Å²) >= 11 is 0. The molecular weight excluding hydrogens is 287 g/mol. The van der Waals surface area contributed by atoms with Crippen molar-refractivity contribution in [3.8, 4) is 11.5 Å². The van der Waals surface area contributed by atoms with E-state index in [2.05, 4.69) is 15.2 Å². The van der Waals surface area contributed by atoms with Gasteiger partial charge >= 0.3 is 6.18 Å². The van der Waals surface area contributed by atoms with Gasteiger partial charge in [-0.25, -0.2) is 0 Å².